The Bertz CT molecular complexity index is 1000. The van der Waals surface area contributed by atoms with Gasteiger partial charge in [-0.15, -0.1) is 0 Å². The number of piperidine rings is 1. The Morgan fingerprint density at radius 2 is 1.70 bits per heavy atom. The van der Waals surface area contributed by atoms with Crippen LogP contribution in [-0.4, -0.2) is 37.7 Å². The molecular formula is C29H34N2O2. The summed E-state index contributed by atoms with van der Waals surface area (Å²) in [5, 5.41) is 0. The number of likely N-dealkylation sites (tertiary alicyclic amines) is 1. The summed E-state index contributed by atoms with van der Waals surface area (Å²) in [6, 6.07) is 26.3. The van der Waals surface area contributed by atoms with Gasteiger partial charge in [-0.25, -0.2) is 0 Å². The zero-order chi connectivity index (χ0) is 22.5. The minimum Gasteiger partial charge on any atom is -0.497 e. The third kappa shape index (κ3) is 5.01. The van der Waals surface area contributed by atoms with Gasteiger partial charge in [0.1, 0.15) is 18.1 Å². The van der Waals surface area contributed by atoms with E-state index in [1.807, 2.05) is 0 Å². The lowest BCUT2D eigenvalue weighted by Gasteiger charge is -2.39. The van der Waals surface area contributed by atoms with E-state index in [9.17, 15) is 0 Å². The second-order valence-electron chi connectivity index (χ2n) is 9.13. The second-order valence-corrected chi connectivity index (χ2v) is 9.13. The van der Waals surface area contributed by atoms with Crippen molar-refractivity contribution in [1.29, 1.82) is 0 Å². The molecule has 0 spiro atoms. The molecule has 2 aliphatic rings. The number of fused-ring (bicyclic) bond motifs is 2. The van der Waals surface area contributed by atoms with E-state index >= 15 is 0 Å². The number of methoxy groups -OCH3 is 1. The van der Waals surface area contributed by atoms with Crippen molar-refractivity contribution >= 4 is 11.4 Å². The van der Waals surface area contributed by atoms with Gasteiger partial charge in [0.05, 0.1) is 12.8 Å². The van der Waals surface area contributed by atoms with Gasteiger partial charge in [0.25, 0.3) is 0 Å². The van der Waals surface area contributed by atoms with Crippen LogP contribution in [0.1, 0.15) is 36.8 Å². The van der Waals surface area contributed by atoms with Crippen LogP contribution in [0, 0.1) is 0 Å². The first-order valence-electron chi connectivity index (χ1n) is 12.3. The van der Waals surface area contributed by atoms with E-state index in [1.165, 1.54) is 54.7 Å². The molecule has 1 saturated heterocycles. The standard InChI is InChI=1S/C29H34N2O2/c1-32-26-17-15-23(16-18-26)9-8-20-30-19-7-6-11-25(30)21-31-27-12-3-2-10-24(27)22-33-29-14-5-4-13-28(29)31/h2-5,10,12-18,25H,6-9,11,19-22H2,1H3. The van der Waals surface area contributed by atoms with Gasteiger partial charge in [-0.1, -0.05) is 48.9 Å². The van der Waals surface area contributed by atoms with Crippen LogP contribution in [-0.2, 0) is 13.0 Å². The first-order chi connectivity index (χ1) is 16.3. The highest BCUT2D eigenvalue weighted by Crippen LogP contribution is 2.40. The number of para-hydroxylation sites is 3. The summed E-state index contributed by atoms with van der Waals surface area (Å²) in [4.78, 5) is 5.23. The van der Waals surface area contributed by atoms with Crippen molar-refractivity contribution in [3.63, 3.8) is 0 Å². The quantitative estimate of drug-likeness (QED) is 0.434. The zero-order valence-electron chi connectivity index (χ0n) is 19.6. The van der Waals surface area contributed by atoms with Gasteiger partial charge >= 0.3 is 0 Å². The normalized spacial score (nSPS) is 18.1. The predicted molar refractivity (Wildman–Crippen MR) is 135 cm³/mol. The molecule has 172 valence electrons. The molecule has 3 aromatic rings. The molecule has 1 unspecified atom stereocenters. The van der Waals surface area contributed by atoms with Crippen molar-refractivity contribution in [3.05, 3.63) is 83.9 Å². The van der Waals surface area contributed by atoms with Crippen molar-refractivity contribution in [1.82, 2.24) is 4.90 Å². The molecule has 4 heteroatoms. The second kappa shape index (κ2) is 10.3. The van der Waals surface area contributed by atoms with E-state index in [1.54, 1.807) is 7.11 Å². The maximum Gasteiger partial charge on any atom is 0.143 e. The Hall–Kier alpha value is -2.98. The summed E-state index contributed by atoms with van der Waals surface area (Å²) >= 11 is 0. The number of nitrogens with zero attached hydrogens (tertiary/aromatic N) is 2. The van der Waals surface area contributed by atoms with Crippen LogP contribution in [0.2, 0.25) is 0 Å². The Morgan fingerprint density at radius 3 is 2.55 bits per heavy atom. The Morgan fingerprint density at radius 1 is 0.909 bits per heavy atom. The molecule has 1 atom stereocenters. The van der Waals surface area contributed by atoms with Crippen LogP contribution >= 0.6 is 0 Å². The largest absolute Gasteiger partial charge is 0.497 e. The first kappa shape index (κ1) is 21.8. The first-order valence-corrected chi connectivity index (χ1v) is 12.3. The molecule has 5 rings (SSSR count). The van der Waals surface area contributed by atoms with Crippen molar-refractivity contribution in [3.8, 4) is 11.5 Å². The molecule has 0 bridgehead atoms. The highest BCUT2D eigenvalue weighted by molar-refractivity contribution is 5.72. The average Bonchev–Trinajstić information content (AvgIpc) is 3.03. The fraction of sp³-hybridized carbons (Fsp3) is 0.379. The highest BCUT2D eigenvalue weighted by Gasteiger charge is 2.28. The van der Waals surface area contributed by atoms with E-state index in [0.29, 0.717) is 12.6 Å². The monoisotopic (exact) mass is 442 g/mol. The minimum atomic E-state index is 0.550. The van der Waals surface area contributed by atoms with Crippen LogP contribution in [0.5, 0.6) is 11.5 Å². The zero-order valence-corrected chi connectivity index (χ0v) is 19.6. The van der Waals surface area contributed by atoms with Gasteiger partial charge < -0.3 is 14.4 Å². The van der Waals surface area contributed by atoms with Gasteiger partial charge in [0.2, 0.25) is 0 Å². The molecule has 33 heavy (non-hydrogen) atoms. The molecule has 4 nitrogen and oxygen atoms in total. The van der Waals surface area contributed by atoms with E-state index < -0.39 is 0 Å². The van der Waals surface area contributed by atoms with Gasteiger partial charge in [-0.05, 0) is 74.7 Å². The maximum absolute atomic E-state index is 6.19. The molecule has 0 saturated carbocycles. The van der Waals surface area contributed by atoms with Crippen LogP contribution < -0.4 is 14.4 Å². The van der Waals surface area contributed by atoms with Crippen molar-refractivity contribution in [2.75, 3.05) is 31.6 Å². The van der Waals surface area contributed by atoms with E-state index in [4.69, 9.17) is 9.47 Å². The Labute approximate surface area is 197 Å². The SMILES string of the molecule is COc1ccc(CCCN2CCCCC2CN2c3ccccc3COc3ccccc32)cc1. The van der Waals surface area contributed by atoms with Gasteiger partial charge in [0, 0.05) is 23.8 Å². The number of aryl methyl sites for hydroxylation is 1. The lowest BCUT2D eigenvalue weighted by Crippen LogP contribution is -2.46. The predicted octanol–water partition coefficient (Wildman–Crippen LogP) is 6.21. The molecule has 0 radical (unpaired) electrons. The molecule has 2 heterocycles. The molecule has 0 aromatic heterocycles. The lowest BCUT2D eigenvalue weighted by atomic mass is 9.99. The van der Waals surface area contributed by atoms with Crippen LogP contribution in [0.3, 0.4) is 0 Å². The third-order valence-electron chi connectivity index (χ3n) is 7.03. The number of benzene rings is 3. The molecule has 2 aliphatic heterocycles. The van der Waals surface area contributed by atoms with Gasteiger partial charge in [-0.3, -0.25) is 4.90 Å². The van der Waals surface area contributed by atoms with Crippen LogP contribution in [0.4, 0.5) is 11.4 Å². The molecule has 0 amide bonds. The summed E-state index contributed by atoms with van der Waals surface area (Å²) in [5.41, 5.74) is 5.12. The number of ether oxygens (including phenoxy) is 2. The van der Waals surface area contributed by atoms with Gasteiger partial charge in [0.15, 0.2) is 0 Å². The molecule has 0 aliphatic carbocycles. The fourth-order valence-corrected chi connectivity index (χ4v) is 5.23. The highest BCUT2D eigenvalue weighted by atomic mass is 16.5. The van der Waals surface area contributed by atoms with E-state index in [2.05, 4.69) is 82.6 Å². The molecular weight excluding hydrogens is 408 g/mol. The molecule has 0 N–H and O–H groups in total. The maximum atomic E-state index is 6.19. The average molecular weight is 443 g/mol. The minimum absolute atomic E-state index is 0.550. The lowest BCUT2D eigenvalue weighted by molar-refractivity contribution is 0.151. The third-order valence-corrected chi connectivity index (χ3v) is 7.03. The number of hydrogen-bond acceptors (Lipinski definition) is 4. The number of anilines is 2. The molecule has 3 aromatic carbocycles. The number of rotatable bonds is 7. The Kier molecular flexibility index (Phi) is 6.82. The summed E-state index contributed by atoms with van der Waals surface area (Å²) in [6.45, 7) is 3.96. The van der Waals surface area contributed by atoms with Crippen molar-refractivity contribution in [2.45, 2.75) is 44.8 Å². The Balaban J connectivity index is 1.31. The summed E-state index contributed by atoms with van der Waals surface area (Å²) in [6.07, 6.45) is 6.16. The summed E-state index contributed by atoms with van der Waals surface area (Å²) in [5.74, 6) is 1.91. The summed E-state index contributed by atoms with van der Waals surface area (Å²) in [7, 11) is 1.72. The van der Waals surface area contributed by atoms with Crippen molar-refractivity contribution in [2.24, 2.45) is 0 Å². The van der Waals surface area contributed by atoms with Crippen LogP contribution in [0.15, 0.2) is 72.8 Å². The summed E-state index contributed by atoms with van der Waals surface area (Å²) < 4.78 is 11.5. The van der Waals surface area contributed by atoms with Crippen molar-refractivity contribution < 1.29 is 9.47 Å². The molecule has 1 fully saturated rings. The van der Waals surface area contributed by atoms with Crippen LogP contribution in [0.25, 0.3) is 0 Å². The number of hydrogen-bond donors (Lipinski definition) is 0. The topological polar surface area (TPSA) is 24.9 Å². The fourth-order valence-electron chi connectivity index (χ4n) is 5.23. The van der Waals surface area contributed by atoms with E-state index in [-0.39, 0.29) is 0 Å². The smallest absolute Gasteiger partial charge is 0.143 e. The van der Waals surface area contributed by atoms with E-state index in [0.717, 1.165) is 31.0 Å². The van der Waals surface area contributed by atoms with Gasteiger partial charge in [-0.2, -0.15) is 0 Å².